The predicted octanol–water partition coefficient (Wildman–Crippen LogP) is 4.95. The first kappa shape index (κ1) is 17.7. The average Bonchev–Trinajstić information content (AvgIpc) is 2.93. The van der Waals surface area contributed by atoms with E-state index in [9.17, 15) is 9.90 Å². The maximum Gasteiger partial charge on any atom is 0.164 e. The van der Waals surface area contributed by atoms with Crippen molar-refractivity contribution >= 4 is 16.7 Å². The third kappa shape index (κ3) is 4.68. The highest BCUT2D eigenvalue weighted by Crippen LogP contribution is 2.33. The highest BCUT2D eigenvalue weighted by atomic mass is 16.3. The number of unbranched alkanes of at least 4 members (excludes halogenated alkanes) is 3. The lowest BCUT2D eigenvalue weighted by molar-refractivity contribution is -0.134. The summed E-state index contributed by atoms with van der Waals surface area (Å²) in [6.07, 6.45) is 8.19. The van der Waals surface area contributed by atoms with Crippen molar-refractivity contribution in [2.24, 2.45) is 0 Å². The van der Waals surface area contributed by atoms with Gasteiger partial charge in [-0.15, -0.1) is 0 Å². The Balaban J connectivity index is 2.20. The molecule has 2 aromatic rings. The highest BCUT2D eigenvalue weighted by Gasteiger charge is 2.28. The molecule has 2 rings (SSSR count). The molecule has 0 saturated heterocycles. The smallest absolute Gasteiger partial charge is 0.164 e. The highest BCUT2D eigenvalue weighted by molar-refractivity contribution is 5.88. The Morgan fingerprint density at radius 1 is 1.22 bits per heavy atom. The van der Waals surface area contributed by atoms with E-state index in [1.807, 2.05) is 18.3 Å². The van der Waals surface area contributed by atoms with Crippen LogP contribution in [0.5, 0.6) is 0 Å². The monoisotopic (exact) mass is 315 g/mol. The first-order valence-electron chi connectivity index (χ1n) is 8.75. The summed E-state index contributed by atoms with van der Waals surface area (Å²) in [5.41, 5.74) is 1.06. The third-order valence-electron chi connectivity index (χ3n) is 4.58. The molecule has 1 atom stereocenters. The molecule has 3 nitrogen and oxygen atoms in total. The fraction of sp³-hybridized carbons (Fsp3) is 0.550. The summed E-state index contributed by atoms with van der Waals surface area (Å²) >= 11 is 0. The van der Waals surface area contributed by atoms with Gasteiger partial charge in [-0.3, -0.25) is 4.79 Å². The minimum absolute atomic E-state index is 0.0803. The zero-order valence-corrected chi connectivity index (χ0v) is 14.6. The van der Waals surface area contributed by atoms with Crippen LogP contribution in [0.15, 0.2) is 30.5 Å². The fourth-order valence-corrected chi connectivity index (χ4v) is 3.09. The van der Waals surface area contributed by atoms with Gasteiger partial charge >= 0.3 is 0 Å². The van der Waals surface area contributed by atoms with Gasteiger partial charge < -0.3 is 10.1 Å². The fourth-order valence-electron chi connectivity index (χ4n) is 3.09. The summed E-state index contributed by atoms with van der Waals surface area (Å²) in [5.74, 6) is 0.0882. The van der Waals surface area contributed by atoms with E-state index in [4.69, 9.17) is 0 Å². The molecule has 0 bridgehead atoms. The van der Waals surface area contributed by atoms with Gasteiger partial charge in [-0.05, 0) is 37.8 Å². The molecule has 0 aliphatic carbocycles. The lowest BCUT2D eigenvalue weighted by Gasteiger charge is -2.21. The number of para-hydroxylation sites is 1. The normalized spacial score (nSPS) is 13.4. The summed E-state index contributed by atoms with van der Waals surface area (Å²) in [7, 11) is 0. The van der Waals surface area contributed by atoms with E-state index in [2.05, 4.69) is 24.0 Å². The second kappa shape index (κ2) is 7.78. The van der Waals surface area contributed by atoms with Gasteiger partial charge in [0.1, 0.15) is 5.60 Å². The first-order valence-corrected chi connectivity index (χ1v) is 8.75. The maximum absolute atomic E-state index is 12.3. The third-order valence-corrected chi connectivity index (χ3v) is 4.58. The first-order chi connectivity index (χ1) is 10.9. The summed E-state index contributed by atoms with van der Waals surface area (Å²) in [5, 5.41) is 11.2. The van der Waals surface area contributed by atoms with Gasteiger partial charge in [0.05, 0.1) is 0 Å². The molecule has 23 heavy (non-hydrogen) atoms. The number of aromatic amines is 1. The quantitative estimate of drug-likeness (QED) is 0.643. The van der Waals surface area contributed by atoms with Gasteiger partial charge in [-0.2, -0.15) is 0 Å². The number of aliphatic hydroxyl groups is 1. The van der Waals surface area contributed by atoms with Gasteiger partial charge in [0.2, 0.25) is 0 Å². The number of H-pyrrole nitrogens is 1. The van der Waals surface area contributed by atoms with Gasteiger partial charge in [-0.1, -0.05) is 50.8 Å². The molecule has 2 N–H and O–H groups in total. The van der Waals surface area contributed by atoms with Crippen molar-refractivity contribution < 1.29 is 9.90 Å². The van der Waals surface area contributed by atoms with Crippen LogP contribution in [0.25, 0.3) is 10.9 Å². The van der Waals surface area contributed by atoms with Gasteiger partial charge in [0.15, 0.2) is 5.78 Å². The van der Waals surface area contributed by atoms with Crippen molar-refractivity contribution in [2.45, 2.75) is 70.8 Å². The maximum atomic E-state index is 12.3. The largest absolute Gasteiger partial charge is 0.383 e. The van der Waals surface area contributed by atoms with E-state index in [0.717, 1.165) is 18.4 Å². The van der Waals surface area contributed by atoms with Crippen LogP contribution in [-0.2, 0) is 4.79 Å². The van der Waals surface area contributed by atoms with E-state index < -0.39 is 5.60 Å². The van der Waals surface area contributed by atoms with Crippen LogP contribution in [0.4, 0.5) is 0 Å². The number of carbonyl (C=O) groups is 1. The Kier molecular flexibility index (Phi) is 6.00. The molecule has 0 unspecified atom stereocenters. The lowest BCUT2D eigenvalue weighted by atomic mass is 9.85. The molecule has 0 radical (unpaired) electrons. The van der Waals surface area contributed by atoms with Crippen molar-refractivity contribution in [3.05, 3.63) is 36.0 Å². The molecule has 0 saturated carbocycles. The topological polar surface area (TPSA) is 53.1 Å². The van der Waals surface area contributed by atoms with Crippen molar-refractivity contribution in [3.8, 4) is 0 Å². The van der Waals surface area contributed by atoms with Crippen LogP contribution in [0.2, 0.25) is 0 Å². The van der Waals surface area contributed by atoms with E-state index >= 15 is 0 Å². The summed E-state index contributed by atoms with van der Waals surface area (Å²) in [4.78, 5) is 15.6. The molecule has 1 aromatic carbocycles. The lowest BCUT2D eigenvalue weighted by Crippen LogP contribution is -2.32. The molecule has 0 spiro atoms. The molecule has 1 heterocycles. The molecular formula is C20H29NO2. The van der Waals surface area contributed by atoms with Gasteiger partial charge in [-0.25, -0.2) is 0 Å². The second-order valence-corrected chi connectivity index (χ2v) is 7.02. The number of ketones is 1. The van der Waals surface area contributed by atoms with E-state index in [1.165, 1.54) is 30.2 Å². The number of hydrogen-bond acceptors (Lipinski definition) is 2. The number of fused-ring (bicyclic) bond motifs is 1. The number of carbonyl (C=O) groups excluding carboxylic acids is 1. The Hall–Kier alpha value is -1.61. The van der Waals surface area contributed by atoms with E-state index in [-0.39, 0.29) is 11.7 Å². The number of benzene rings is 1. The van der Waals surface area contributed by atoms with Crippen molar-refractivity contribution in [1.82, 2.24) is 4.98 Å². The minimum Gasteiger partial charge on any atom is -0.383 e. The van der Waals surface area contributed by atoms with Crippen molar-refractivity contribution in [1.29, 1.82) is 0 Å². The Labute approximate surface area is 139 Å². The van der Waals surface area contributed by atoms with Crippen LogP contribution >= 0.6 is 0 Å². The molecule has 0 aliphatic heterocycles. The average molecular weight is 315 g/mol. The van der Waals surface area contributed by atoms with Crippen LogP contribution in [-0.4, -0.2) is 21.5 Å². The molecule has 3 heteroatoms. The van der Waals surface area contributed by atoms with Crippen LogP contribution in [0.3, 0.4) is 0 Å². The Morgan fingerprint density at radius 3 is 2.65 bits per heavy atom. The minimum atomic E-state index is -1.26. The van der Waals surface area contributed by atoms with Crippen LogP contribution in [0, 0.1) is 0 Å². The van der Waals surface area contributed by atoms with Crippen LogP contribution < -0.4 is 0 Å². The number of hydrogen-bond donors (Lipinski definition) is 2. The molecular weight excluding hydrogens is 286 g/mol. The van der Waals surface area contributed by atoms with Gasteiger partial charge in [0, 0.05) is 23.5 Å². The number of rotatable bonds is 9. The zero-order valence-electron chi connectivity index (χ0n) is 14.6. The second-order valence-electron chi connectivity index (χ2n) is 7.02. The molecule has 1 aromatic heterocycles. The molecule has 0 aliphatic rings. The van der Waals surface area contributed by atoms with Crippen molar-refractivity contribution in [2.75, 3.05) is 0 Å². The number of nitrogens with one attached hydrogen (secondary N) is 1. The Morgan fingerprint density at radius 2 is 1.96 bits per heavy atom. The molecule has 0 fully saturated rings. The summed E-state index contributed by atoms with van der Waals surface area (Å²) in [6, 6.07) is 8.21. The number of Topliss-reactive ketones (excluding diaryl/α,β-unsaturated/α-hetero) is 1. The number of aromatic nitrogens is 1. The van der Waals surface area contributed by atoms with Crippen molar-refractivity contribution in [3.63, 3.8) is 0 Å². The van der Waals surface area contributed by atoms with E-state index in [1.54, 1.807) is 13.8 Å². The van der Waals surface area contributed by atoms with Gasteiger partial charge in [0.25, 0.3) is 0 Å². The SMILES string of the molecule is CCCCCC[C@@H](CC(=O)C(C)(C)O)c1c[nH]c2ccccc12. The predicted molar refractivity (Wildman–Crippen MR) is 95.7 cm³/mol. The van der Waals surface area contributed by atoms with E-state index in [0.29, 0.717) is 6.42 Å². The Bertz CT molecular complexity index is 636. The summed E-state index contributed by atoms with van der Waals surface area (Å²) < 4.78 is 0. The van der Waals surface area contributed by atoms with Crippen LogP contribution in [0.1, 0.15) is 70.8 Å². The molecule has 126 valence electrons. The molecule has 0 amide bonds. The summed E-state index contributed by atoms with van der Waals surface area (Å²) in [6.45, 7) is 5.37. The zero-order chi connectivity index (χ0) is 16.9. The standard InChI is InChI=1S/C20H29NO2/c1-4-5-6-7-10-15(13-19(22)20(2,3)23)17-14-21-18-12-9-8-11-16(17)18/h8-9,11-12,14-15,21,23H,4-7,10,13H2,1-3H3/t15-/m0/s1.